The minimum atomic E-state index is -1.64. The smallest absolute Gasteiger partial charge is 0.377 e. The number of carbonyl (C=O) groups is 3. The van der Waals surface area contributed by atoms with Crippen molar-refractivity contribution in [1.82, 2.24) is 4.57 Å². The maximum absolute atomic E-state index is 12.0. The van der Waals surface area contributed by atoms with Gasteiger partial charge in [-0.2, -0.15) is 0 Å². The summed E-state index contributed by atoms with van der Waals surface area (Å²) in [6.45, 7) is 1.73. The fourth-order valence-corrected chi connectivity index (χ4v) is 2.35. The number of hydrogen-bond donors (Lipinski definition) is 1. The van der Waals surface area contributed by atoms with Crippen molar-refractivity contribution in [3.05, 3.63) is 34.5 Å². The Balaban J connectivity index is 2.84. The summed E-state index contributed by atoms with van der Waals surface area (Å²) in [7, 11) is 1.55. The molecule has 2 aromatic rings. The van der Waals surface area contributed by atoms with E-state index < -0.39 is 17.7 Å². The van der Waals surface area contributed by atoms with Crippen molar-refractivity contribution in [1.29, 1.82) is 0 Å². The van der Waals surface area contributed by atoms with Crippen LogP contribution in [0.4, 0.5) is 0 Å². The number of nitrogens with zero attached hydrogens (tertiary/aromatic N) is 1. The molecule has 0 fully saturated rings. The Morgan fingerprint density at radius 3 is 2.57 bits per heavy atom. The van der Waals surface area contributed by atoms with E-state index in [1.165, 1.54) is 16.7 Å². The molecule has 0 saturated heterocycles. The van der Waals surface area contributed by atoms with Crippen molar-refractivity contribution in [2.24, 2.45) is 7.05 Å². The van der Waals surface area contributed by atoms with Gasteiger partial charge in [0, 0.05) is 17.5 Å². The standard InChI is InChI=1S/C14H12ClNO5/c1-3-21-14(20)11-10(12(17)13(18)19)8-5-4-7(15)6-9(8)16(11)2/h4-6H,3H2,1-2H3,(H,18,19). The highest BCUT2D eigenvalue weighted by atomic mass is 35.5. The summed E-state index contributed by atoms with van der Waals surface area (Å²) in [5.41, 5.74) is 0.201. The van der Waals surface area contributed by atoms with Gasteiger partial charge in [-0.1, -0.05) is 17.7 Å². The van der Waals surface area contributed by atoms with Crippen molar-refractivity contribution in [2.45, 2.75) is 6.92 Å². The summed E-state index contributed by atoms with van der Waals surface area (Å²) in [6.07, 6.45) is 0. The number of aryl methyl sites for hydroxylation is 1. The van der Waals surface area contributed by atoms with Gasteiger partial charge in [-0.05, 0) is 19.1 Å². The van der Waals surface area contributed by atoms with Crippen molar-refractivity contribution >= 4 is 40.2 Å². The highest BCUT2D eigenvalue weighted by molar-refractivity contribution is 6.44. The lowest BCUT2D eigenvalue weighted by Gasteiger charge is -2.05. The van der Waals surface area contributed by atoms with Gasteiger partial charge < -0.3 is 14.4 Å². The molecule has 1 aromatic carbocycles. The number of Topliss-reactive ketones (excluding diaryl/α,β-unsaturated/α-hetero) is 1. The number of esters is 1. The first-order chi connectivity index (χ1) is 9.88. The van der Waals surface area contributed by atoms with Crippen LogP contribution in [0.2, 0.25) is 5.02 Å². The molecule has 1 heterocycles. The van der Waals surface area contributed by atoms with Gasteiger partial charge >= 0.3 is 11.9 Å². The number of carboxylic acid groups (broad SMARTS) is 1. The first-order valence-electron chi connectivity index (χ1n) is 6.11. The maximum Gasteiger partial charge on any atom is 0.377 e. The molecule has 0 aliphatic carbocycles. The fourth-order valence-electron chi connectivity index (χ4n) is 2.18. The van der Waals surface area contributed by atoms with Gasteiger partial charge in [-0.15, -0.1) is 0 Å². The first-order valence-corrected chi connectivity index (χ1v) is 6.49. The number of ether oxygens (including phenoxy) is 1. The van der Waals surface area contributed by atoms with Crippen molar-refractivity contribution in [3.63, 3.8) is 0 Å². The number of aliphatic carboxylic acids is 1. The van der Waals surface area contributed by atoms with Crippen LogP contribution < -0.4 is 0 Å². The Kier molecular flexibility index (Phi) is 3.99. The van der Waals surface area contributed by atoms with Crippen LogP contribution in [0.5, 0.6) is 0 Å². The molecular formula is C14H12ClNO5. The number of carboxylic acids is 1. The lowest BCUT2D eigenvalue weighted by molar-refractivity contribution is -0.131. The molecule has 2 rings (SSSR count). The molecule has 0 spiro atoms. The summed E-state index contributed by atoms with van der Waals surface area (Å²) in [4.78, 5) is 35.0. The van der Waals surface area contributed by atoms with Gasteiger partial charge in [-0.25, -0.2) is 9.59 Å². The quantitative estimate of drug-likeness (QED) is 0.532. The van der Waals surface area contributed by atoms with Crippen LogP contribution >= 0.6 is 11.6 Å². The molecular weight excluding hydrogens is 298 g/mol. The van der Waals surface area contributed by atoms with Crippen LogP contribution in [-0.4, -0.2) is 34.0 Å². The van der Waals surface area contributed by atoms with Gasteiger partial charge in [0.25, 0.3) is 5.78 Å². The fraction of sp³-hybridized carbons (Fsp3) is 0.214. The Morgan fingerprint density at radius 2 is 2.00 bits per heavy atom. The molecule has 21 heavy (non-hydrogen) atoms. The lowest BCUT2D eigenvalue weighted by Crippen LogP contribution is -2.19. The summed E-state index contributed by atoms with van der Waals surface area (Å²) in [5.74, 6) is -3.55. The van der Waals surface area contributed by atoms with E-state index in [-0.39, 0.29) is 17.9 Å². The Morgan fingerprint density at radius 1 is 1.33 bits per heavy atom. The summed E-state index contributed by atoms with van der Waals surface area (Å²) in [5, 5.41) is 9.71. The monoisotopic (exact) mass is 309 g/mol. The minimum absolute atomic E-state index is 0.0958. The molecule has 0 aliphatic heterocycles. The van der Waals surface area contributed by atoms with Gasteiger partial charge in [-0.3, -0.25) is 4.79 Å². The van der Waals surface area contributed by atoms with Crippen LogP contribution in [0, 0.1) is 0 Å². The molecule has 6 nitrogen and oxygen atoms in total. The normalized spacial score (nSPS) is 10.6. The van der Waals surface area contributed by atoms with Gasteiger partial charge in [0.2, 0.25) is 0 Å². The second-order valence-corrected chi connectivity index (χ2v) is 4.74. The number of fused-ring (bicyclic) bond motifs is 1. The van der Waals surface area contributed by atoms with Gasteiger partial charge in [0.1, 0.15) is 5.69 Å². The molecule has 0 atom stereocenters. The summed E-state index contributed by atoms with van der Waals surface area (Å²) >= 11 is 5.90. The van der Waals surface area contributed by atoms with Crippen LogP contribution in [0.15, 0.2) is 18.2 Å². The third kappa shape index (κ3) is 2.50. The average molecular weight is 310 g/mol. The third-order valence-electron chi connectivity index (χ3n) is 3.05. The number of halogens is 1. The Hall–Kier alpha value is -2.34. The van der Waals surface area contributed by atoms with Crippen molar-refractivity contribution in [3.8, 4) is 0 Å². The van der Waals surface area contributed by atoms with E-state index in [0.29, 0.717) is 15.9 Å². The second-order valence-electron chi connectivity index (χ2n) is 4.30. The topological polar surface area (TPSA) is 85.6 Å². The largest absolute Gasteiger partial charge is 0.475 e. The molecule has 0 amide bonds. The van der Waals surface area contributed by atoms with Gasteiger partial charge in [0.15, 0.2) is 0 Å². The maximum atomic E-state index is 12.0. The zero-order chi connectivity index (χ0) is 15.7. The van der Waals surface area contributed by atoms with Gasteiger partial charge in [0.05, 0.1) is 17.7 Å². The SMILES string of the molecule is CCOC(=O)c1c(C(=O)C(=O)O)c2ccc(Cl)cc2n1C. The Bertz CT molecular complexity index is 762. The van der Waals surface area contributed by atoms with Crippen LogP contribution in [0.1, 0.15) is 27.8 Å². The van der Waals surface area contributed by atoms with E-state index in [1.807, 2.05) is 0 Å². The number of hydrogen-bond acceptors (Lipinski definition) is 4. The van der Waals surface area contributed by atoms with Crippen LogP contribution in [-0.2, 0) is 16.6 Å². The second kappa shape index (κ2) is 5.57. The van der Waals surface area contributed by atoms with Crippen molar-refractivity contribution < 1.29 is 24.2 Å². The Labute approximate surface area is 124 Å². The van der Waals surface area contributed by atoms with Crippen molar-refractivity contribution in [2.75, 3.05) is 6.61 Å². The van der Waals surface area contributed by atoms with E-state index in [0.717, 1.165) is 0 Å². The lowest BCUT2D eigenvalue weighted by atomic mass is 10.1. The molecule has 1 N–H and O–H groups in total. The van der Waals surface area contributed by atoms with E-state index in [9.17, 15) is 14.4 Å². The summed E-state index contributed by atoms with van der Waals surface area (Å²) < 4.78 is 6.31. The first kappa shape index (κ1) is 15.1. The minimum Gasteiger partial charge on any atom is -0.475 e. The highest BCUT2D eigenvalue weighted by Crippen LogP contribution is 2.29. The molecule has 0 unspecified atom stereocenters. The molecule has 0 saturated carbocycles. The predicted molar refractivity (Wildman–Crippen MR) is 75.9 cm³/mol. The molecule has 1 aromatic heterocycles. The van der Waals surface area contributed by atoms with E-state index >= 15 is 0 Å². The van der Waals surface area contributed by atoms with Crippen LogP contribution in [0.3, 0.4) is 0 Å². The molecule has 110 valence electrons. The third-order valence-corrected chi connectivity index (χ3v) is 3.29. The van der Waals surface area contributed by atoms with E-state index in [2.05, 4.69) is 0 Å². The zero-order valence-electron chi connectivity index (χ0n) is 11.3. The van der Waals surface area contributed by atoms with E-state index in [1.54, 1.807) is 20.0 Å². The molecule has 0 radical (unpaired) electrons. The van der Waals surface area contributed by atoms with Crippen LogP contribution in [0.25, 0.3) is 10.9 Å². The number of ketones is 1. The zero-order valence-corrected chi connectivity index (χ0v) is 12.1. The van der Waals surface area contributed by atoms with E-state index in [4.69, 9.17) is 21.4 Å². The molecule has 7 heteroatoms. The number of carbonyl (C=O) groups excluding carboxylic acids is 2. The summed E-state index contributed by atoms with van der Waals surface area (Å²) in [6, 6.07) is 4.59. The average Bonchev–Trinajstić information content (AvgIpc) is 2.71. The number of rotatable bonds is 4. The predicted octanol–water partition coefficient (Wildman–Crippen LogP) is 2.28. The molecule has 0 bridgehead atoms. The molecule has 0 aliphatic rings. The number of aromatic nitrogens is 1. The highest BCUT2D eigenvalue weighted by Gasteiger charge is 2.30. The number of benzene rings is 1.